The van der Waals surface area contributed by atoms with E-state index in [4.69, 9.17) is 0 Å². The van der Waals surface area contributed by atoms with Crippen LogP contribution in [0.15, 0.2) is 36.4 Å². The largest absolute Gasteiger partial charge is 0.147 e. The van der Waals surface area contributed by atoms with Crippen molar-refractivity contribution >= 4 is 10.8 Å². The first kappa shape index (κ1) is 9.89. The SMILES string of the molecule is Cc1ccc2ccc[c-]c2c1.[Y]. The second-order valence-electron chi connectivity index (χ2n) is 2.76. The molecule has 0 N–H and O–H groups in total. The molecule has 0 nitrogen and oxygen atoms in total. The molecule has 0 heterocycles. The standard InChI is InChI=1S/C11H9.Y/c1-9-6-7-10-4-2-3-5-11(10)8-9;/h2-4,6-8H,1H3;/q-1;. The summed E-state index contributed by atoms with van der Waals surface area (Å²) in [6, 6.07) is 15.6. The zero-order valence-corrected chi connectivity index (χ0v) is 9.88. The molecule has 0 aliphatic rings. The van der Waals surface area contributed by atoms with Crippen LogP contribution in [0, 0.1) is 13.0 Å². The van der Waals surface area contributed by atoms with Crippen LogP contribution >= 0.6 is 0 Å². The minimum Gasteiger partial charge on any atom is -0.147 e. The fourth-order valence-electron chi connectivity index (χ4n) is 1.23. The molecule has 2 rings (SSSR count). The molecular formula is C11H9Y-. The molecule has 12 heavy (non-hydrogen) atoms. The van der Waals surface area contributed by atoms with E-state index < -0.39 is 0 Å². The van der Waals surface area contributed by atoms with E-state index in [2.05, 4.69) is 37.3 Å². The van der Waals surface area contributed by atoms with Gasteiger partial charge < -0.3 is 0 Å². The van der Waals surface area contributed by atoms with Gasteiger partial charge in [0.05, 0.1) is 0 Å². The number of aryl methyl sites for hydroxylation is 1. The molecule has 2 aromatic rings. The van der Waals surface area contributed by atoms with Crippen LogP contribution in [0.1, 0.15) is 5.56 Å². The van der Waals surface area contributed by atoms with Crippen LogP contribution in [-0.2, 0) is 32.7 Å². The van der Waals surface area contributed by atoms with E-state index in [1.54, 1.807) is 0 Å². The van der Waals surface area contributed by atoms with Crippen LogP contribution in [0.25, 0.3) is 10.8 Å². The van der Waals surface area contributed by atoms with Gasteiger partial charge in [-0.15, -0.1) is 41.1 Å². The van der Waals surface area contributed by atoms with Crippen molar-refractivity contribution in [3.63, 3.8) is 0 Å². The smallest absolute Gasteiger partial charge is 0 e. The molecule has 0 fully saturated rings. The molecule has 0 atom stereocenters. The summed E-state index contributed by atoms with van der Waals surface area (Å²) in [4.78, 5) is 0. The van der Waals surface area contributed by atoms with Crippen molar-refractivity contribution in [2.45, 2.75) is 6.92 Å². The summed E-state index contributed by atoms with van der Waals surface area (Å²) in [5.74, 6) is 0. The van der Waals surface area contributed by atoms with Crippen LogP contribution in [-0.4, -0.2) is 0 Å². The molecule has 0 aliphatic heterocycles. The molecule has 0 aliphatic carbocycles. The van der Waals surface area contributed by atoms with E-state index in [-0.39, 0.29) is 32.7 Å². The van der Waals surface area contributed by atoms with Gasteiger partial charge in [-0.3, -0.25) is 0 Å². The molecule has 0 aromatic heterocycles. The maximum absolute atomic E-state index is 3.19. The van der Waals surface area contributed by atoms with Gasteiger partial charge >= 0.3 is 0 Å². The van der Waals surface area contributed by atoms with Gasteiger partial charge in [-0.2, -0.15) is 0 Å². The van der Waals surface area contributed by atoms with Gasteiger partial charge in [0.1, 0.15) is 0 Å². The summed E-state index contributed by atoms with van der Waals surface area (Å²) in [5, 5.41) is 2.46. The minimum atomic E-state index is 0. The van der Waals surface area contributed by atoms with Crippen molar-refractivity contribution in [3.05, 3.63) is 48.0 Å². The average Bonchev–Trinajstić information content (AvgIpc) is 2.04. The van der Waals surface area contributed by atoms with E-state index in [1.165, 1.54) is 16.3 Å². The van der Waals surface area contributed by atoms with E-state index in [0.29, 0.717) is 0 Å². The number of benzene rings is 2. The quantitative estimate of drug-likeness (QED) is 0.610. The molecule has 57 valence electrons. The number of fused-ring (bicyclic) bond motifs is 1. The summed E-state index contributed by atoms with van der Waals surface area (Å²) in [5.41, 5.74) is 1.29. The molecular weight excluding hydrogens is 221 g/mol. The van der Waals surface area contributed by atoms with Crippen molar-refractivity contribution in [1.29, 1.82) is 0 Å². The van der Waals surface area contributed by atoms with Gasteiger partial charge in [0.2, 0.25) is 0 Å². The molecule has 0 unspecified atom stereocenters. The van der Waals surface area contributed by atoms with Crippen LogP contribution in [0.2, 0.25) is 0 Å². The first-order valence-electron chi connectivity index (χ1n) is 3.73. The third-order valence-electron chi connectivity index (χ3n) is 1.82. The summed E-state index contributed by atoms with van der Waals surface area (Å²) < 4.78 is 0. The predicted octanol–water partition coefficient (Wildman–Crippen LogP) is 2.95. The van der Waals surface area contributed by atoms with E-state index in [0.717, 1.165) is 0 Å². The van der Waals surface area contributed by atoms with Crippen molar-refractivity contribution in [1.82, 2.24) is 0 Å². The Morgan fingerprint density at radius 1 is 1.17 bits per heavy atom. The first-order valence-corrected chi connectivity index (χ1v) is 3.73. The zero-order chi connectivity index (χ0) is 7.68. The van der Waals surface area contributed by atoms with Crippen molar-refractivity contribution in [2.75, 3.05) is 0 Å². The molecule has 0 spiro atoms. The van der Waals surface area contributed by atoms with Crippen LogP contribution in [0.3, 0.4) is 0 Å². The Labute approximate surface area is 97.9 Å². The van der Waals surface area contributed by atoms with Gasteiger partial charge in [0, 0.05) is 32.7 Å². The molecule has 0 saturated carbocycles. The minimum absolute atomic E-state index is 0. The average molecular weight is 230 g/mol. The topological polar surface area (TPSA) is 0 Å². The van der Waals surface area contributed by atoms with Crippen molar-refractivity contribution in [2.24, 2.45) is 0 Å². The third-order valence-corrected chi connectivity index (χ3v) is 1.82. The van der Waals surface area contributed by atoms with Gasteiger partial charge in [-0.25, -0.2) is 0 Å². The normalized spacial score (nSPS) is 9.42. The van der Waals surface area contributed by atoms with Gasteiger partial charge in [0.15, 0.2) is 0 Å². The number of rotatable bonds is 0. The Morgan fingerprint density at radius 2 is 2.00 bits per heavy atom. The Hall–Kier alpha value is -0.196. The summed E-state index contributed by atoms with van der Waals surface area (Å²) in [6.45, 7) is 2.10. The number of hydrogen-bond acceptors (Lipinski definition) is 0. The van der Waals surface area contributed by atoms with Crippen LogP contribution in [0.4, 0.5) is 0 Å². The van der Waals surface area contributed by atoms with Gasteiger partial charge in [0.25, 0.3) is 0 Å². The van der Waals surface area contributed by atoms with Crippen molar-refractivity contribution < 1.29 is 32.7 Å². The third kappa shape index (κ3) is 1.94. The Bertz CT molecular complexity index is 379. The van der Waals surface area contributed by atoms with Crippen LogP contribution < -0.4 is 0 Å². The fourth-order valence-corrected chi connectivity index (χ4v) is 1.23. The first-order chi connectivity index (χ1) is 5.36. The second kappa shape index (κ2) is 4.16. The Kier molecular flexibility index (Phi) is 3.43. The van der Waals surface area contributed by atoms with E-state index in [1.807, 2.05) is 12.1 Å². The van der Waals surface area contributed by atoms with Crippen LogP contribution in [0.5, 0.6) is 0 Å². The van der Waals surface area contributed by atoms with Gasteiger partial charge in [-0.1, -0.05) is 17.7 Å². The molecule has 0 bridgehead atoms. The maximum Gasteiger partial charge on any atom is 0 e. The van der Waals surface area contributed by atoms with E-state index in [9.17, 15) is 0 Å². The monoisotopic (exact) mass is 230 g/mol. The molecule has 2 aromatic carbocycles. The second-order valence-corrected chi connectivity index (χ2v) is 2.76. The van der Waals surface area contributed by atoms with Crippen molar-refractivity contribution in [3.8, 4) is 0 Å². The fraction of sp³-hybridized carbons (Fsp3) is 0.0909. The summed E-state index contributed by atoms with van der Waals surface area (Å²) in [7, 11) is 0. The summed E-state index contributed by atoms with van der Waals surface area (Å²) in [6.07, 6.45) is 0. The Morgan fingerprint density at radius 3 is 2.83 bits per heavy atom. The van der Waals surface area contributed by atoms with Gasteiger partial charge in [-0.05, 0) is 6.92 Å². The molecule has 1 heteroatoms. The number of hydrogen-bond donors (Lipinski definition) is 0. The maximum atomic E-state index is 3.19. The zero-order valence-electron chi connectivity index (χ0n) is 7.04. The summed E-state index contributed by atoms with van der Waals surface area (Å²) >= 11 is 0. The molecule has 1 radical (unpaired) electrons. The predicted molar refractivity (Wildman–Crippen MR) is 47.5 cm³/mol. The molecule has 0 saturated heterocycles. The Balaban J connectivity index is 0.000000720. The molecule has 0 amide bonds. The van der Waals surface area contributed by atoms with E-state index >= 15 is 0 Å².